The largest absolute Gasteiger partial charge is 0.382 e. The van der Waals surface area contributed by atoms with Crippen molar-refractivity contribution in [2.45, 2.75) is 26.4 Å². The second kappa shape index (κ2) is 6.88. The van der Waals surface area contributed by atoms with E-state index in [1.807, 2.05) is 38.1 Å². The van der Waals surface area contributed by atoms with Gasteiger partial charge in [0.25, 0.3) is 5.91 Å². The summed E-state index contributed by atoms with van der Waals surface area (Å²) >= 11 is 0. The minimum Gasteiger partial charge on any atom is -0.382 e. The van der Waals surface area contributed by atoms with Crippen LogP contribution >= 0.6 is 0 Å². The average molecular weight is 289 g/mol. The van der Waals surface area contributed by atoms with Crippen LogP contribution in [0.2, 0.25) is 0 Å². The fourth-order valence-corrected chi connectivity index (χ4v) is 1.98. The molecule has 0 saturated heterocycles. The molecule has 6 heteroatoms. The van der Waals surface area contributed by atoms with E-state index in [0.29, 0.717) is 13.0 Å². The van der Waals surface area contributed by atoms with Crippen LogP contribution in [-0.2, 0) is 14.4 Å². The Kier molecular flexibility index (Phi) is 4.92. The predicted molar refractivity (Wildman–Crippen MR) is 78.9 cm³/mol. The topological polar surface area (TPSA) is 79.8 Å². The lowest BCUT2D eigenvalue weighted by Gasteiger charge is -2.09. The van der Waals surface area contributed by atoms with Crippen molar-refractivity contribution < 1.29 is 14.4 Å². The molecular weight excluding hydrogens is 270 g/mol. The van der Waals surface area contributed by atoms with Crippen molar-refractivity contribution in [2.75, 3.05) is 13.1 Å². The second-order valence-corrected chi connectivity index (χ2v) is 4.87. The normalized spacial score (nSPS) is 16.9. The van der Waals surface area contributed by atoms with Crippen LogP contribution in [0.5, 0.6) is 0 Å². The van der Waals surface area contributed by atoms with Gasteiger partial charge < -0.3 is 15.5 Å². The molecule has 0 radical (unpaired) electrons. The van der Waals surface area contributed by atoms with Crippen LogP contribution in [0, 0.1) is 6.92 Å². The van der Waals surface area contributed by atoms with Gasteiger partial charge in [-0.25, -0.2) is 0 Å². The quantitative estimate of drug-likeness (QED) is 0.839. The Balaban J connectivity index is 1.85. The first-order chi connectivity index (χ1) is 10.1. The zero-order valence-electron chi connectivity index (χ0n) is 12.2. The number of nitrogens with one attached hydrogen (secondary N) is 2. The van der Waals surface area contributed by atoms with Crippen LogP contribution < -0.4 is 10.6 Å². The first-order valence-electron chi connectivity index (χ1n) is 6.94. The van der Waals surface area contributed by atoms with E-state index >= 15 is 0 Å². The lowest BCUT2D eigenvalue weighted by molar-refractivity contribution is -0.133. The molecule has 1 aromatic rings. The average Bonchev–Trinajstić information content (AvgIpc) is 2.96. The van der Waals surface area contributed by atoms with Gasteiger partial charge >= 0.3 is 0 Å². The molecule has 1 heterocycles. The smallest absolute Gasteiger partial charge is 0.264 e. The predicted octanol–water partition coefficient (Wildman–Crippen LogP) is 0.740. The fraction of sp³-hybridized carbons (Fsp3) is 0.400. The Morgan fingerprint density at radius 1 is 1.29 bits per heavy atom. The van der Waals surface area contributed by atoms with Crippen molar-refractivity contribution in [3.63, 3.8) is 0 Å². The second-order valence-electron chi connectivity index (χ2n) is 4.87. The Labute approximate surface area is 123 Å². The lowest BCUT2D eigenvalue weighted by Crippen LogP contribution is -2.41. The number of amides is 2. The first-order valence-corrected chi connectivity index (χ1v) is 6.94. The third-order valence-corrected chi connectivity index (χ3v) is 3.14. The summed E-state index contributed by atoms with van der Waals surface area (Å²) in [6, 6.07) is 7.87. The highest BCUT2D eigenvalue weighted by Gasteiger charge is 2.28. The number of likely N-dealkylation sites (N-methyl/N-ethyl adjacent to an activating group) is 1. The highest BCUT2D eigenvalue weighted by Crippen LogP contribution is 2.17. The Bertz CT molecular complexity index is 552. The standard InChI is InChI=1S/C15H19N3O3/c1-3-16-14(19)9-17-15(20)13-8-12(18-21-13)11-6-4-10(2)5-7-11/h4-7,13H,3,8-9H2,1-2H3,(H,16,19)(H,17,20)/t13-/m0/s1. The van der Waals surface area contributed by atoms with Crippen molar-refractivity contribution in [3.05, 3.63) is 35.4 Å². The summed E-state index contributed by atoms with van der Waals surface area (Å²) in [6.45, 7) is 4.32. The SMILES string of the molecule is CCNC(=O)CNC(=O)[C@@H]1CC(c2ccc(C)cc2)=NO1. The van der Waals surface area contributed by atoms with Gasteiger partial charge in [-0.2, -0.15) is 0 Å². The number of benzene rings is 1. The molecule has 1 aliphatic rings. The van der Waals surface area contributed by atoms with Gasteiger partial charge in [0.2, 0.25) is 12.0 Å². The Morgan fingerprint density at radius 3 is 2.67 bits per heavy atom. The summed E-state index contributed by atoms with van der Waals surface area (Å²) in [4.78, 5) is 28.3. The molecule has 1 aliphatic heterocycles. The molecule has 0 unspecified atom stereocenters. The molecule has 1 aromatic carbocycles. The molecule has 21 heavy (non-hydrogen) atoms. The molecule has 2 rings (SSSR count). The maximum atomic E-state index is 11.9. The van der Waals surface area contributed by atoms with Crippen LogP contribution in [0.4, 0.5) is 0 Å². The lowest BCUT2D eigenvalue weighted by atomic mass is 10.0. The number of oxime groups is 1. The van der Waals surface area contributed by atoms with Crippen LogP contribution in [0.3, 0.4) is 0 Å². The maximum Gasteiger partial charge on any atom is 0.264 e. The molecule has 0 fully saturated rings. The molecule has 0 bridgehead atoms. The highest BCUT2D eigenvalue weighted by atomic mass is 16.6. The van der Waals surface area contributed by atoms with Crippen molar-refractivity contribution in [2.24, 2.45) is 5.16 Å². The van der Waals surface area contributed by atoms with E-state index < -0.39 is 6.10 Å². The monoisotopic (exact) mass is 289 g/mol. The maximum absolute atomic E-state index is 11.9. The first kappa shape index (κ1) is 15.0. The summed E-state index contributed by atoms with van der Waals surface area (Å²) in [7, 11) is 0. The van der Waals surface area contributed by atoms with Gasteiger partial charge in [-0.05, 0) is 19.4 Å². The van der Waals surface area contributed by atoms with Gasteiger partial charge in [0, 0.05) is 13.0 Å². The van der Waals surface area contributed by atoms with E-state index in [4.69, 9.17) is 4.84 Å². The summed E-state index contributed by atoms with van der Waals surface area (Å²) in [6.07, 6.45) is -0.264. The van der Waals surface area contributed by atoms with E-state index in [9.17, 15) is 9.59 Å². The number of hydrogen-bond donors (Lipinski definition) is 2. The zero-order chi connectivity index (χ0) is 15.2. The van der Waals surface area contributed by atoms with Crippen LogP contribution in [0.25, 0.3) is 0 Å². The van der Waals surface area contributed by atoms with Gasteiger partial charge in [-0.3, -0.25) is 9.59 Å². The number of nitrogens with zero attached hydrogens (tertiary/aromatic N) is 1. The summed E-state index contributed by atoms with van der Waals surface area (Å²) in [5.74, 6) is -0.546. The Morgan fingerprint density at radius 2 is 2.00 bits per heavy atom. The molecule has 2 amide bonds. The number of carbonyl (C=O) groups excluding carboxylic acids is 2. The molecule has 0 saturated carbocycles. The molecule has 2 N–H and O–H groups in total. The summed E-state index contributed by atoms with van der Waals surface area (Å²) < 4.78 is 0. The molecule has 0 aromatic heterocycles. The zero-order valence-corrected chi connectivity index (χ0v) is 12.2. The van der Waals surface area contributed by atoms with Gasteiger partial charge in [0.15, 0.2) is 0 Å². The van der Waals surface area contributed by atoms with Crippen molar-refractivity contribution in [1.82, 2.24) is 10.6 Å². The van der Waals surface area contributed by atoms with Gasteiger partial charge in [0.05, 0.1) is 12.3 Å². The molecule has 0 aliphatic carbocycles. The molecule has 0 spiro atoms. The Hall–Kier alpha value is -2.37. The van der Waals surface area contributed by atoms with E-state index in [2.05, 4.69) is 15.8 Å². The summed E-state index contributed by atoms with van der Waals surface area (Å²) in [5, 5.41) is 9.11. The summed E-state index contributed by atoms with van der Waals surface area (Å²) in [5.41, 5.74) is 2.85. The molecule has 112 valence electrons. The van der Waals surface area contributed by atoms with Gasteiger partial charge in [-0.1, -0.05) is 35.0 Å². The van der Waals surface area contributed by atoms with E-state index in [0.717, 1.165) is 16.8 Å². The van der Waals surface area contributed by atoms with Gasteiger partial charge in [0.1, 0.15) is 0 Å². The van der Waals surface area contributed by atoms with E-state index in [1.165, 1.54) is 0 Å². The van der Waals surface area contributed by atoms with Crippen molar-refractivity contribution in [1.29, 1.82) is 0 Å². The molecule has 1 atom stereocenters. The number of hydrogen-bond acceptors (Lipinski definition) is 4. The van der Waals surface area contributed by atoms with E-state index in [-0.39, 0.29) is 18.4 Å². The minimum absolute atomic E-state index is 0.0492. The highest BCUT2D eigenvalue weighted by molar-refractivity contribution is 6.04. The third-order valence-electron chi connectivity index (χ3n) is 3.14. The van der Waals surface area contributed by atoms with E-state index in [1.54, 1.807) is 0 Å². The number of carbonyl (C=O) groups is 2. The fourth-order valence-electron chi connectivity index (χ4n) is 1.98. The third kappa shape index (κ3) is 4.05. The number of rotatable bonds is 5. The van der Waals surface area contributed by atoms with Gasteiger partial charge in [-0.15, -0.1) is 0 Å². The van der Waals surface area contributed by atoms with Crippen LogP contribution in [0.15, 0.2) is 29.4 Å². The number of aryl methyl sites for hydroxylation is 1. The van der Waals surface area contributed by atoms with Crippen molar-refractivity contribution in [3.8, 4) is 0 Å². The van der Waals surface area contributed by atoms with Crippen LogP contribution in [0.1, 0.15) is 24.5 Å². The van der Waals surface area contributed by atoms with Crippen LogP contribution in [-0.4, -0.2) is 36.7 Å². The molecule has 6 nitrogen and oxygen atoms in total. The minimum atomic E-state index is -0.671. The molecular formula is C15H19N3O3. The van der Waals surface area contributed by atoms with Crippen molar-refractivity contribution >= 4 is 17.5 Å².